The SMILES string of the molecule is CN(C)S(=O)(=O)n1ccnc1-c1cc(C2=CCOCC2)cn2c(Br)c(CO[Si](C)(C)C(C)(C)C)nc12. The minimum absolute atomic E-state index is 0.0672. The summed E-state index contributed by atoms with van der Waals surface area (Å²) < 4.78 is 43.2. The molecule has 196 valence electrons. The number of ether oxygens (including phenoxy) is 1. The van der Waals surface area contributed by atoms with Crippen molar-refractivity contribution in [2.45, 2.75) is 51.9 Å². The highest BCUT2D eigenvalue weighted by Gasteiger charge is 2.37. The zero-order valence-corrected chi connectivity index (χ0v) is 25.3. The first-order valence-corrected chi connectivity index (χ1v) is 16.9. The van der Waals surface area contributed by atoms with Gasteiger partial charge in [-0.3, -0.25) is 4.40 Å². The summed E-state index contributed by atoms with van der Waals surface area (Å²) >= 11 is 3.75. The van der Waals surface area contributed by atoms with Crippen LogP contribution in [0.3, 0.4) is 0 Å². The summed E-state index contributed by atoms with van der Waals surface area (Å²) in [5.74, 6) is 0.303. The van der Waals surface area contributed by atoms with Gasteiger partial charge in [0.1, 0.15) is 10.3 Å². The lowest BCUT2D eigenvalue weighted by molar-refractivity contribution is 0.161. The second-order valence-electron chi connectivity index (χ2n) is 10.6. The standard InChI is InChI=1S/C24H34BrN5O4SSi/c1-24(2,3)36(6,7)34-16-20-21(25)29-15-18(17-8-12-33-13-9-17)14-19(23(29)27-20)22-26-10-11-30(22)35(31,32)28(4)5/h8,10-11,14-15H,9,12-13,16H2,1-7H3. The highest BCUT2D eigenvalue weighted by Crippen LogP contribution is 2.38. The Bertz CT molecular complexity index is 1420. The number of pyridine rings is 1. The molecule has 0 spiro atoms. The zero-order chi connectivity index (χ0) is 26.5. The van der Waals surface area contributed by atoms with E-state index >= 15 is 0 Å². The molecule has 0 saturated carbocycles. The molecule has 0 amide bonds. The van der Waals surface area contributed by atoms with Crippen molar-refractivity contribution in [3.05, 3.63) is 46.6 Å². The molecule has 4 heterocycles. The summed E-state index contributed by atoms with van der Waals surface area (Å²) in [7, 11) is -2.79. The molecular weight excluding hydrogens is 562 g/mol. The van der Waals surface area contributed by atoms with E-state index in [0.29, 0.717) is 36.9 Å². The van der Waals surface area contributed by atoms with Gasteiger partial charge in [0.15, 0.2) is 14.1 Å². The first-order chi connectivity index (χ1) is 16.7. The molecule has 0 bridgehead atoms. The molecule has 4 rings (SSSR count). The quantitative estimate of drug-likeness (QED) is 0.359. The highest BCUT2D eigenvalue weighted by molar-refractivity contribution is 9.10. The number of hydrogen-bond acceptors (Lipinski definition) is 6. The van der Waals surface area contributed by atoms with E-state index in [1.54, 1.807) is 0 Å². The molecule has 3 aromatic heterocycles. The minimum Gasteiger partial charge on any atom is -0.411 e. The van der Waals surface area contributed by atoms with Gasteiger partial charge in [-0.2, -0.15) is 12.7 Å². The molecule has 0 radical (unpaired) electrons. The Labute approximate surface area is 222 Å². The number of aromatic nitrogens is 4. The van der Waals surface area contributed by atoms with Crippen LogP contribution >= 0.6 is 15.9 Å². The zero-order valence-electron chi connectivity index (χ0n) is 21.9. The molecule has 1 aliphatic rings. The van der Waals surface area contributed by atoms with E-state index in [4.69, 9.17) is 14.1 Å². The summed E-state index contributed by atoms with van der Waals surface area (Å²) in [6, 6.07) is 1.97. The fourth-order valence-electron chi connectivity index (χ4n) is 3.69. The number of halogens is 1. The Morgan fingerprint density at radius 2 is 2.00 bits per heavy atom. The first-order valence-electron chi connectivity index (χ1n) is 11.8. The van der Waals surface area contributed by atoms with Crippen LogP contribution in [0, 0.1) is 0 Å². The molecule has 0 saturated heterocycles. The normalized spacial score (nSPS) is 15.6. The number of imidazole rings is 2. The minimum atomic E-state index is -3.78. The number of rotatable bonds is 7. The van der Waals surface area contributed by atoms with Crippen molar-refractivity contribution < 1.29 is 17.6 Å². The molecular formula is C24H34BrN5O4SSi. The van der Waals surface area contributed by atoms with Crippen molar-refractivity contribution in [1.82, 2.24) is 22.6 Å². The smallest absolute Gasteiger partial charge is 0.308 e. The van der Waals surface area contributed by atoms with E-state index in [2.05, 4.69) is 60.9 Å². The van der Waals surface area contributed by atoms with Crippen LogP contribution in [0.5, 0.6) is 0 Å². The predicted octanol–water partition coefficient (Wildman–Crippen LogP) is 4.94. The summed E-state index contributed by atoms with van der Waals surface area (Å²) in [4.78, 5) is 9.36. The van der Waals surface area contributed by atoms with E-state index < -0.39 is 18.5 Å². The van der Waals surface area contributed by atoms with Gasteiger partial charge in [-0.1, -0.05) is 26.8 Å². The molecule has 0 fully saturated rings. The van der Waals surface area contributed by atoms with Crippen LogP contribution < -0.4 is 0 Å². The Morgan fingerprint density at radius 3 is 2.61 bits per heavy atom. The Kier molecular flexibility index (Phi) is 7.41. The molecule has 0 atom stereocenters. The van der Waals surface area contributed by atoms with Crippen LogP contribution in [0.25, 0.3) is 22.6 Å². The molecule has 12 heteroatoms. The van der Waals surface area contributed by atoms with Gasteiger partial charge in [-0.05, 0) is 57.7 Å². The lowest BCUT2D eigenvalue weighted by Gasteiger charge is -2.35. The Balaban J connectivity index is 1.90. The summed E-state index contributed by atoms with van der Waals surface area (Å²) in [6.07, 6.45) is 7.80. The average Bonchev–Trinajstić information content (AvgIpc) is 3.42. The Hall–Kier alpha value is -1.83. The fraction of sp³-hybridized carbons (Fsp3) is 0.500. The molecule has 3 aromatic rings. The van der Waals surface area contributed by atoms with E-state index in [-0.39, 0.29) is 5.04 Å². The number of fused-ring (bicyclic) bond motifs is 1. The molecule has 9 nitrogen and oxygen atoms in total. The largest absolute Gasteiger partial charge is 0.411 e. The molecule has 0 aliphatic carbocycles. The van der Waals surface area contributed by atoms with E-state index in [1.165, 1.54) is 34.8 Å². The summed E-state index contributed by atoms with van der Waals surface area (Å²) in [5.41, 5.74) is 4.08. The monoisotopic (exact) mass is 595 g/mol. The molecule has 0 unspecified atom stereocenters. The fourth-order valence-corrected chi connectivity index (χ4v) is 6.02. The summed E-state index contributed by atoms with van der Waals surface area (Å²) in [6.45, 7) is 12.6. The maximum atomic E-state index is 13.1. The van der Waals surface area contributed by atoms with Gasteiger partial charge in [0.05, 0.1) is 31.1 Å². The van der Waals surface area contributed by atoms with Crippen molar-refractivity contribution in [1.29, 1.82) is 0 Å². The number of nitrogens with zero attached hydrogens (tertiary/aromatic N) is 5. The van der Waals surface area contributed by atoms with Crippen LogP contribution in [0.4, 0.5) is 0 Å². The number of hydrogen-bond donors (Lipinski definition) is 0. The van der Waals surface area contributed by atoms with Crippen molar-refractivity contribution in [2.24, 2.45) is 0 Å². The molecule has 0 N–H and O–H groups in total. The van der Waals surface area contributed by atoms with Gasteiger partial charge in [0.2, 0.25) is 0 Å². The lowest BCUT2D eigenvalue weighted by atomic mass is 10.0. The second-order valence-corrected chi connectivity index (χ2v) is 18.2. The average molecular weight is 597 g/mol. The van der Waals surface area contributed by atoms with E-state index in [0.717, 1.165) is 27.9 Å². The van der Waals surface area contributed by atoms with Gasteiger partial charge in [-0.25, -0.2) is 13.9 Å². The van der Waals surface area contributed by atoms with Gasteiger partial charge < -0.3 is 9.16 Å². The van der Waals surface area contributed by atoms with Gasteiger partial charge in [-0.15, -0.1) is 0 Å². The van der Waals surface area contributed by atoms with Crippen LogP contribution in [0.1, 0.15) is 38.4 Å². The van der Waals surface area contributed by atoms with Gasteiger partial charge >= 0.3 is 10.2 Å². The van der Waals surface area contributed by atoms with Crippen molar-refractivity contribution in [3.8, 4) is 11.4 Å². The Morgan fingerprint density at radius 1 is 1.28 bits per heavy atom. The van der Waals surface area contributed by atoms with Crippen LogP contribution in [-0.2, 0) is 26.0 Å². The maximum Gasteiger partial charge on any atom is 0.308 e. The molecule has 1 aliphatic heterocycles. The van der Waals surface area contributed by atoms with Crippen molar-refractivity contribution >= 4 is 45.7 Å². The van der Waals surface area contributed by atoms with Crippen LogP contribution in [-0.4, -0.2) is 66.7 Å². The predicted molar refractivity (Wildman–Crippen MR) is 148 cm³/mol. The van der Waals surface area contributed by atoms with Crippen molar-refractivity contribution in [3.63, 3.8) is 0 Å². The molecule has 0 aromatic carbocycles. The van der Waals surface area contributed by atoms with E-state index in [1.807, 2.05) is 16.7 Å². The van der Waals surface area contributed by atoms with Crippen molar-refractivity contribution in [2.75, 3.05) is 27.3 Å². The lowest BCUT2D eigenvalue weighted by Crippen LogP contribution is -2.40. The third-order valence-corrected chi connectivity index (χ3v) is 14.0. The summed E-state index contributed by atoms with van der Waals surface area (Å²) in [5, 5.41) is 0.0672. The third-order valence-electron chi connectivity index (χ3n) is 7.00. The van der Waals surface area contributed by atoms with Crippen LogP contribution in [0.15, 0.2) is 35.3 Å². The second kappa shape index (κ2) is 9.80. The van der Waals surface area contributed by atoms with E-state index in [9.17, 15) is 8.42 Å². The maximum absolute atomic E-state index is 13.1. The topological polar surface area (TPSA) is 91.0 Å². The van der Waals surface area contributed by atoms with Gasteiger partial charge in [0.25, 0.3) is 0 Å². The first kappa shape index (κ1) is 27.2. The van der Waals surface area contributed by atoms with Gasteiger partial charge in [0, 0.05) is 32.7 Å². The molecule has 36 heavy (non-hydrogen) atoms. The highest BCUT2D eigenvalue weighted by atomic mass is 79.9. The van der Waals surface area contributed by atoms with Crippen LogP contribution in [0.2, 0.25) is 18.1 Å². The third kappa shape index (κ3) is 4.99.